The van der Waals surface area contributed by atoms with Crippen LogP contribution in [0.3, 0.4) is 0 Å². The fourth-order valence-electron chi connectivity index (χ4n) is 7.48. The number of hydrogen-bond donors (Lipinski definition) is 1. The topological polar surface area (TPSA) is 102 Å². The maximum absolute atomic E-state index is 13.5. The summed E-state index contributed by atoms with van der Waals surface area (Å²) in [5, 5.41) is 2.31. The SMILES string of the molecule is COC(=O)COc1c(I)cc(/C=C2\C(=O)NC(=O)N(c3ccc(C45CC6CC(CC(C6)C4)C5)cc3)C2=O)cc1I. The third-order valence-corrected chi connectivity index (χ3v) is 10.4. The average molecular weight is 766 g/mol. The Kier molecular flexibility index (Phi) is 7.43. The summed E-state index contributed by atoms with van der Waals surface area (Å²) in [5.74, 6) is 1.04. The van der Waals surface area contributed by atoms with Crippen molar-refractivity contribution < 1.29 is 28.7 Å². The number of nitrogens with zero attached hydrogens (tertiary/aromatic N) is 1. The molecule has 4 amide bonds. The van der Waals surface area contributed by atoms with Crippen LogP contribution in [0.1, 0.15) is 49.7 Å². The van der Waals surface area contributed by atoms with Gasteiger partial charge in [-0.3, -0.25) is 14.9 Å². The highest BCUT2D eigenvalue weighted by Gasteiger charge is 2.51. The van der Waals surface area contributed by atoms with Crippen molar-refractivity contribution in [1.82, 2.24) is 5.32 Å². The highest BCUT2D eigenvalue weighted by molar-refractivity contribution is 14.1. The molecule has 0 atom stereocenters. The number of imide groups is 2. The first-order valence-corrected chi connectivity index (χ1v) is 15.5. The number of amides is 4. The number of carbonyl (C=O) groups is 4. The van der Waals surface area contributed by atoms with E-state index in [0.717, 1.165) is 22.7 Å². The third kappa shape index (κ3) is 5.05. The second kappa shape index (κ2) is 10.7. The number of carbonyl (C=O) groups excluding carboxylic acids is 4. The van der Waals surface area contributed by atoms with Crippen molar-refractivity contribution in [2.24, 2.45) is 17.8 Å². The molecule has 1 aliphatic heterocycles. The minimum Gasteiger partial charge on any atom is -0.480 e. The van der Waals surface area contributed by atoms with Crippen LogP contribution in [0.2, 0.25) is 0 Å². The van der Waals surface area contributed by atoms with Crippen molar-refractivity contribution in [1.29, 1.82) is 0 Å². The molecule has 1 saturated heterocycles. The number of esters is 1. The van der Waals surface area contributed by atoms with Gasteiger partial charge in [-0.15, -0.1) is 0 Å². The van der Waals surface area contributed by atoms with Gasteiger partial charge in [0, 0.05) is 0 Å². The molecule has 4 saturated carbocycles. The van der Waals surface area contributed by atoms with Crippen molar-refractivity contribution in [3.8, 4) is 5.75 Å². The Balaban J connectivity index is 1.25. The normalized spacial score (nSPS) is 28.2. The lowest BCUT2D eigenvalue weighted by molar-refractivity contribution is -0.143. The maximum atomic E-state index is 13.5. The van der Waals surface area contributed by atoms with Crippen molar-refractivity contribution in [3.63, 3.8) is 0 Å². The molecule has 1 heterocycles. The summed E-state index contributed by atoms with van der Waals surface area (Å²) in [7, 11) is 1.29. The Morgan fingerprint density at radius 2 is 1.57 bits per heavy atom. The molecule has 4 bridgehead atoms. The van der Waals surface area contributed by atoms with Gasteiger partial charge in [-0.05, 0) is 148 Å². The van der Waals surface area contributed by atoms with Crippen LogP contribution < -0.4 is 15.0 Å². The van der Waals surface area contributed by atoms with Crippen molar-refractivity contribution in [3.05, 3.63) is 60.2 Å². The molecule has 0 unspecified atom stereocenters. The second-order valence-corrected chi connectivity index (χ2v) is 13.7. The fourth-order valence-corrected chi connectivity index (χ4v) is 9.61. The summed E-state index contributed by atoms with van der Waals surface area (Å²) in [4.78, 5) is 51.5. The first-order chi connectivity index (χ1) is 19.2. The van der Waals surface area contributed by atoms with Crippen LogP contribution in [-0.2, 0) is 24.5 Å². The first-order valence-electron chi connectivity index (χ1n) is 13.4. The van der Waals surface area contributed by atoms with Crippen LogP contribution in [-0.4, -0.2) is 37.5 Å². The van der Waals surface area contributed by atoms with E-state index in [2.05, 4.69) is 67.4 Å². The summed E-state index contributed by atoms with van der Waals surface area (Å²) in [5.41, 5.74) is 2.39. The zero-order valence-electron chi connectivity index (χ0n) is 21.9. The minimum absolute atomic E-state index is 0.139. The lowest BCUT2D eigenvalue weighted by atomic mass is 9.48. The molecule has 5 aliphatic rings. The molecule has 0 aromatic heterocycles. The molecule has 0 radical (unpaired) electrons. The quantitative estimate of drug-likeness (QED) is 0.179. The molecule has 7 rings (SSSR count). The first kappa shape index (κ1) is 27.7. The van der Waals surface area contributed by atoms with Crippen LogP contribution in [0, 0.1) is 24.9 Å². The molecule has 5 fully saturated rings. The van der Waals surface area contributed by atoms with Gasteiger partial charge in [0.25, 0.3) is 11.8 Å². The number of methoxy groups -OCH3 is 1. The highest BCUT2D eigenvalue weighted by Crippen LogP contribution is 2.60. The average Bonchev–Trinajstić information content (AvgIpc) is 2.90. The lowest BCUT2D eigenvalue weighted by Gasteiger charge is -2.57. The van der Waals surface area contributed by atoms with E-state index in [-0.39, 0.29) is 17.6 Å². The molecule has 10 heteroatoms. The zero-order valence-corrected chi connectivity index (χ0v) is 26.2. The number of ether oxygens (including phenoxy) is 2. The van der Waals surface area contributed by atoms with Gasteiger partial charge in [0.1, 0.15) is 11.3 Å². The summed E-state index contributed by atoms with van der Waals surface area (Å²) < 4.78 is 11.6. The van der Waals surface area contributed by atoms with E-state index in [4.69, 9.17) is 4.74 Å². The van der Waals surface area contributed by atoms with E-state index >= 15 is 0 Å². The summed E-state index contributed by atoms with van der Waals surface area (Å²) in [6.07, 6.45) is 9.25. The smallest absolute Gasteiger partial charge is 0.343 e. The Morgan fingerprint density at radius 3 is 2.12 bits per heavy atom. The van der Waals surface area contributed by atoms with Gasteiger partial charge in [-0.25, -0.2) is 14.5 Å². The number of barbiturate groups is 1. The monoisotopic (exact) mass is 766 g/mol. The Morgan fingerprint density at radius 1 is 1.00 bits per heavy atom. The van der Waals surface area contributed by atoms with Gasteiger partial charge in [0.05, 0.1) is 19.9 Å². The molecule has 0 spiro atoms. The standard InChI is InChI=1S/C30H28I2N2O6/c1-39-25(35)15-40-26-23(31)10-16(11-24(26)32)9-22-27(36)33-29(38)34(28(22)37)21-4-2-20(3-5-21)30-12-17-6-18(13-30)8-19(7-17)14-30/h2-5,9-11,17-19H,6-8,12-15H2,1H3,(H,33,36,38)/b22-9+. The van der Waals surface area contributed by atoms with Crippen LogP contribution in [0.4, 0.5) is 10.5 Å². The number of anilines is 1. The second-order valence-electron chi connectivity index (χ2n) is 11.4. The van der Waals surface area contributed by atoms with Crippen molar-refractivity contribution >= 4 is 80.8 Å². The predicted octanol–water partition coefficient (Wildman–Crippen LogP) is 5.58. The van der Waals surface area contributed by atoms with Crippen molar-refractivity contribution in [2.75, 3.05) is 18.6 Å². The molecule has 208 valence electrons. The number of nitrogens with one attached hydrogen (secondary N) is 1. The van der Waals surface area contributed by atoms with Gasteiger partial charge in [-0.1, -0.05) is 12.1 Å². The molecule has 40 heavy (non-hydrogen) atoms. The van der Waals surface area contributed by atoms with Crippen LogP contribution >= 0.6 is 45.2 Å². The molecule has 2 aromatic rings. The van der Waals surface area contributed by atoms with E-state index in [1.54, 1.807) is 12.1 Å². The Hall–Kier alpha value is -2.48. The van der Waals surface area contributed by atoms with Gasteiger partial charge in [-0.2, -0.15) is 0 Å². The molecule has 1 N–H and O–H groups in total. The number of hydrogen-bond acceptors (Lipinski definition) is 6. The molecular formula is C30H28I2N2O6. The molecular weight excluding hydrogens is 738 g/mol. The maximum Gasteiger partial charge on any atom is 0.343 e. The van der Waals surface area contributed by atoms with Crippen molar-refractivity contribution in [2.45, 2.75) is 43.9 Å². The third-order valence-electron chi connectivity index (χ3n) is 8.77. The number of benzene rings is 2. The van der Waals surface area contributed by atoms with Gasteiger partial charge in [0.15, 0.2) is 6.61 Å². The highest BCUT2D eigenvalue weighted by atomic mass is 127. The molecule has 4 aliphatic carbocycles. The lowest BCUT2D eigenvalue weighted by Crippen LogP contribution is -2.54. The Labute approximate surface area is 259 Å². The summed E-state index contributed by atoms with van der Waals surface area (Å²) >= 11 is 4.13. The zero-order chi connectivity index (χ0) is 28.2. The van der Waals surface area contributed by atoms with Crippen LogP contribution in [0.15, 0.2) is 42.0 Å². The number of urea groups is 1. The summed E-state index contributed by atoms with van der Waals surface area (Å²) in [6, 6.07) is 10.5. The number of halogens is 2. The van der Waals surface area contributed by atoms with E-state index in [0.29, 0.717) is 24.1 Å². The molecule has 8 nitrogen and oxygen atoms in total. The van der Waals surface area contributed by atoms with Crippen LogP contribution in [0.5, 0.6) is 5.75 Å². The number of rotatable bonds is 6. The van der Waals surface area contributed by atoms with Gasteiger partial charge < -0.3 is 9.47 Å². The van der Waals surface area contributed by atoms with E-state index in [1.807, 2.05) is 12.1 Å². The molecule has 2 aromatic carbocycles. The van der Waals surface area contributed by atoms with E-state index < -0.39 is 23.8 Å². The van der Waals surface area contributed by atoms with E-state index in [9.17, 15) is 19.2 Å². The largest absolute Gasteiger partial charge is 0.480 e. The van der Waals surface area contributed by atoms with E-state index in [1.165, 1.54) is 57.3 Å². The van der Waals surface area contributed by atoms with Crippen LogP contribution in [0.25, 0.3) is 6.08 Å². The summed E-state index contributed by atoms with van der Waals surface area (Å²) in [6.45, 7) is -0.234. The fraction of sp³-hybridized carbons (Fsp3) is 0.400. The minimum atomic E-state index is -0.759. The van der Waals surface area contributed by atoms with Gasteiger partial charge in [0.2, 0.25) is 0 Å². The van der Waals surface area contributed by atoms with Gasteiger partial charge >= 0.3 is 12.0 Å². The Bertz CT molecular complexity index is 1390. The predicted molar refractivity (Wildman–Crippen MR) is 165 cm³/mol.